The van der Waals surface area contributed by atoms with Gasteiger partial charge in [-0.25, -0.2) is 0 Å². The molecule has 4 aliphatic rings. The molecule has 124 valence electrons. The summed E-state index contributed by atoms with van der Waals surface area (Å²) >= 11 is 0. The minimum atomic E-state index is 0.313. The topological polar surface area (TPSA) is 17.1 Å². The summed E-state index contributed by atoms with van der Waals surface area (Å²) in [5.74, 6) is 0.313. The highest BCUT2D eigenvalue weighted by Gasteiger charge is 2.34. The second-order valence-corrected chi connectivity index (χ2v) is 8.13. The Kier molecular flexibility index (Phi) is 2.78. The molecule has 0 heterocycles. The maximum absolute atomic E-state index is 13.2. The van der Waals surface area contributed by atoms with Gasteiger partial charge in [-0.2, -0.15) is 0 Å². The molecular formula is C24H22O. The Morgan fingerprint density at radius 2 is 1.24 bits per heavy atom. The Morgan fingerprint density at radius 1 is 0.560 bits per heavy atom. The molecule has 6 rings (SSSR count). The fraction of sp³-hybridized carbons (Fsp3) is 0.375. The maximum atomic E-state index is 13.2. The molecule has 0 aromatic heterocycles. The van der Waals surface area contributed by atoms with Crippen LogP contribution in [0, 0.1) is 0 Å². The predicted octanol–water partition coefficient (Wildman–Crippen LogP) is 4.80. The molecule has 0 fully saturated rings. The molecule has 25 heavy (non-hydrogen) atoms. The van der Waals surface area contributed by atoms with Gasteiger partial charge >= 0.3 is 0 Å². The van der Waals surface area contributed by atoms with Crippen molar-refractivity contribution in [1.82, 2.24) is 0 Å². The normalized spacial score (nSPS) is 23.0. The van der Waals surface area contributed by atoms with E-state index in [1.165, 1.54) is 66.4 Å². The van der Waals surface area contributed by atoms with Gasteiger partial charge in [0.2, 0.25) is 0 Å². The van der Waals surface area contributed by atoms with E-state index >= 15 is 0 Å². The molecule has 2 aromatic carbocycles. The van der Waals surface area contributed by atoms with Gasteiger partial charge in [-0.05, 0) is 95.9 Å². The number of fused-ring (bicyclic) bond motifs is 6. The van der Waals surface area contributed by atoms with Crippen molar-refractivity contribution in [2.75, 3.05) is 0 Å². The van der Waals surface area contributed by atoms with Gasteiger partial charge in [0.15, 0.2) is 5.78 Å². The number of ketones is 1. The highest BCUT2D eigenvalue weighted by molar-refractivity contribution is 6.18. The van der Waals surface area contributed by atoms with Gasteiger partial charge in [0, 0.05) is 17.6 Å². The average molecular weight is 326 g/mol. The second-order valence-electron chi connectivity index (χ2n) is 8.13. The second kappa shape index (κ2) is 4.94. The summed E-state index contributed by atoms with van der Waals surface area (Å²) in [5.41, 5.74) is 13.9. The van der Waals surface area contributed by atoms with Crippen LogP contribution in [0.1, 0.15) is 68.6 Å². The molecule has 0 amide bonds. The van der Waals surface area contributed by atoms with E-state index in [0.717, 1.165) is 30.4 Å². The van der Waals surface area contributed by atoms with Crippen LogP contribution in [0.5, 0.6) is 0 Å². The van der Waals surface area contributed by atoms with Gasteiger partial charge in [0.25, 0.3) is 0 Å². The lowest BCUT2D eigenvalue weighted by atomic mass is 9.95. The predicted molar refractivity (Wildman–Crippen MR) is 100 cm³/mol. The number of carbonyl (C=O) groups is 1. The van der Waals surface area contributed by atoms with E-state index in [9.17, 15) is 4.79 Å². The maximum Gasteiger partial charge on any atom is 0.189 e. The summed E-state index contributed by atoms with van der Waals surface area (Å²) in [6.07, 6.45) is 10.5. The molecule has 0 saturated heterocycles. The molecular weight excluding hydrogens is 304 g/mol. The van der Waals surface area contributed by atoms with Crippen molar-refractivity contribution in [1.29, 1.82) is 0 Å². The van der Waals surface area contributed by atoms with Crippen molar-refractivity contribution in [2.45, 2.75) is 57.8 Å². The number of hydrogen-bond donors (Lipinski definition) is 0. The molecule has 1 nitrogen and oxygen atoms in total. The summed E-state index contributed by atoms with van der Waals surface area (Å²) in [6.45, 7) is 0. The lowest BCUT2D eigenvalue weighted by Crippen LogP contribution is -1.99. The van der Waals surface area contributed by atoms with Crippen LogP contribution in [0.15, 0.2) is 29.8 Å². The van der Waals surface area contributed by atoms with Crippen LogP contribution < -0.4 is 0 Å². The van der Waals surface area contributed by atoms with Gasteiger partial charge in [-0.3, -0.25) is 4.79 Å². The number of Topliss-reactive ketones (excluding diaryl/α,β-unsaturated/α-hetero) is 1. The van der Waals surface area contributed by atoms with E-state index in [1.54, 1.807) is 16.7 Å². The zero-order chi connectivity index (χ0) is 16.5. The molecule has 0 N–H and O–H groups in total. The number of benzene rings is 2. The van der Waals surface area contributed by atoms with Crippen LogP contribution in [0.25, 0.3) is 5.57 Å². The Bertz CT molecular complexity index is 990. The van der Waals surface area contributed by atoms with Gasteiger partial charge in [-0.15, -0.1) is 0 Å². The molecule has 0 saturated carbocycles. The Balaban J connectivity index is 1.51. The van der Waals surface area contributed by atoms with Gasteiger partial charge < -0.3 is 0 Å². The van der Waals surface area contributed by atoms with E-state index in [1.807, 2.05) is 0 Å². The number of rotatable bonds is 0. The number of aryl methyl sites for hydroxylation is 2. The minimum absolute atomic E-state index is 0.313. The van der Waals surface area contributed by atoms with Crippen LogP contribution in [0.3, 0.4) is 0 Å². The number of allylic oxidation sites excluding steroid dienone is 2. The Morgan fingerprint density at radius 3 is 2.00 bits per heavy atom. The molecule has 0 spiro atoms. The minimum Gasteiger partial charge on any atom is -0.289 e. The SMILES string of the molecule is O=C1/C(=C2/CCc3c2ccc2c3CCC2)Cc2c1ccc1c2CCC1. The van der Waals surface area contributed by atoms with E-state index in [-0.39, 0.29) is 0 Å². The summed E-state index contributed by atoms with van der Waals surface area (Å²) in [6, 6.07) is 8.96. The van der Waals surface area contributed by atoms with E-state index in [2.05, 4.69) is 24.3 Å². The fourth-order valence-electron chi connectivity index (χ4n) is 5.83. The lowest BCUT2D eigenvalue weighted by Gasteiger charge is -2.09. The third kappa shape index (κ3) is 1.82. The van der Waals surface area contributed by atoms with Crippen molar-refractivity contribution in [3.63, 3.8) is 0 Å². The zero-order valence-corrected chi connectivity index (χ0v) is 14.6. The van der Waals surface area contributed by atoms with Crippen LogP contribution in [0.2, 0.25) is 0 Å². The summed E-state index contributed by atoms with van der Waals surface area (Å²) < 4.78 is 0. The average Bonchev–Trinajstić information content (AvgIpc) is 3.38. The highest BCUT2D eigenvalue weighted by Crippen LogP contribution is 2.44. The van der Waals surface area contributed by atoms with Crippen molar-refractivity contribution in [3.05, 3.63) is 74.3 Å². The highest BCUT2D eigenvalue weighted by atomic mass is 16.1. The van der Waals surface area contributed by atoms with Gasteiger partial charge in [-0.1, -0.05) is 24.3 Å². The zero-order valence-electron chi connectivity index (χ0n) is 14.6. The summed E-state index contributed by atoms with van der Waals surface area (Å²) in [7, 11) is 0. The molecule has 0 unspecified atom stereocenters. The fourth-order valence-corrected chi connectivity index (χ4v) is 5.83. The van der Waals surface area contributed by atoms with Gasteiger partial charge in [0.1, 0.15) is 0 Å². The molecule has 2 aromatic rings. The molecule has 0 aliphatic heterocycles. The van der Waals surface area contributed by atoms with Crippen LogP contribution in [0.4, 0.5) is 0 Å². The summed E-state index contributed by atoms with van der Waals surface area (Å²) in [5, 5.41) is 0. The first kappa shape index (κ1) is 14.1. The largest absolute Gasteiger partial charge is 0.289 e. The first-order valence-corrected chi connectivity index (χ1v) is 9.85. The van der Waals surface area contributed by atoms with E-state index < -0.39 is 0 Å². The van der Waals surface area contributed by atoms with Crippen LogP contribution in [-0.2, 0) is 38.5 Å². The molecule has 0 radical (unpaired) electrons. The standard InChI is InChI=1S/C24H22O/c25-24-21-10-8-15-4-2-6-17(15)22(21)13-23(24)20-12-11-18-16-5-1-3-14(16)7-9-19(18)20/h7-10H,1-6,11-13H2/b23-20-. The molecule has 0 bridgehead atoms. The van der Waals surface area contributed by atoms with E-state index in [4.69, 9.17) is 0 Å². The molecule has 0 atom stereocenters. The Hall–Kier alpha value is -2.15. The van der Waals surface area contributed by atoms with E-state index in [0.29, 0.717) is 5.78 Å². The monoisotopic (exact) mass is 326 g/mol. The Labute approximate surface area is 148 Å². The van der Waals surface area contributed by atoms with Crippen molar-refractivity contribution < 1.29 is 4.79 Å². The van der Waals surface area contributed by atoms with Crippen molar-refractivity contribution >= 4 is 11.4 Å². The smallest absolute Gasteiger partial charge is 0.189 e. The quantitative estimate of drug-likeness (QED) is 0.635. The van der Waals surface area contributed by atoms with Crippen molar-refractivity contribution in [2.24, 2.45) is 0 Å². The van der Waals surface area contributed by atoms with Crippen LogP contribution >= 0.6 is 0 Å². The third-order valence-electron chi connectivity index (χ3n) is 6.99. The van der Waals surface area contributed by atoms with Gasteiger partial charge in [0.05, 0.1) is 0 Å². The van der Waals surface area contributed by atoms with Crippen LogP contribution in [-0.4, -0.2) is 5.78 Å². The third-order valence-corrected chi connectivity index (χ3v) is 6.99. The molecule has 1 heteroatoms. The number of hydrogen-bond acceptors (Lipinski definition) is 1. The first-order chi connectivity index (χ1) is 12.3. The lowest BCUT2D eigenvalue weighted by molar-refractivity contribution is 0.104. The first-order valence-electron chi connectivity index (χ1n) is 9.85. The number of carbonyl (C=O) groups excluding carboxylic acids is 1. The summed E-state index contributed by atoms with van der Waals surface area (Å²) in [4.78, 5) is 13.2. The van der Waals surface area contributed by atoms with Crippen molar-refractivity contribution in [3.8, 4) is 0 Å². The molecule has 4 aliphatic carbocycles.